The molecule has 1 rings (SSSR count). The van der Waals surface area contributed by atoms with Crippen molar-refractivity contribution in [2.45, 2.75) is 53.0 Å². The molecule has 1 unspecified atom stereocenters. The summed E-state index contributed by atoms with van der Waals surface area (Å²) in [6.07, 6.45) is 3.88. The summed E-state index contributed by atoms with van der Waals surface area (Å²) in [4.78, 5) is 0. The zero-order valence-corrected chi connectivity index (χ0v) is 11.8. The molecule has 0 bridgehead atoms. The number of hydrogen-bond acceptors (Lipinski definition) is 1. The van der Waals surface area contributed by atoms with Crippen molar-refractivity contribution in [1.82, 2.24) is 5.32 Å². The van der Waals surface area contributed by atoms with E-state index in [2.05, 4.69) is 57.3 Å². The summed E-state index contributed by atoms with van der Waals surface area (Å²) in [5.41, 5.74) is 2.77. The molecule has 0 spiro atoms. The Morgan fingerprint density at radius 3 is 2.24 bits per heavy atom. The van der Waals surface area contributed by atoms with Crippen molar-refractivity contribution >= 4 is 0 Å². The number of nitrogens with one attached hydrogen (secondary N) is 1. The van der Waals surface area contributed by atoms with E-state index in [9.17, 15) is 0 Å². The van der Waals surface area contributed by atoms with Crippen molar-refractivity contribution in [3.8, 4) is 0 Å². The molecule has 0 saturated heterocycles. The lowest BCUT2D eigenvalue weighted by Crippen LogP contribution is -2.20. The van der Waals surface area contributed by atoms with Crippen molar-refractivity contribution < 1.29 is 0 Å². The zero-order chi connectivity index (χ0) is 12.7. The van der Waals surface area contributed by atoms with Gasteiger partial charge in [-0.1, -0.05) is 63.4 Å². The Hall–Kier alpha value is -0.820. The van der Waals surface area contributed by atoms with Gasteiger partial charge in [0.05, 0.1) is 0 Å². The Morgan fingerprint density at radius 1 is 1.06 bits per heavy atom. The van der Waals surface area contributed by atoms with Gasteiger partial charge in [0.1, 0.15) is 0 Å². The summed E-state index contributed by atoms with van der Waals surface area (Å²) in [6.45, 7) is 9.97. The van der Waals surface area contributed by atoms with Gasteiger partial charge in [0, 0.05) is 6.04 Å². The molecule has 0 amide bonds. The van der Waals surface area contributed by atoms with Crippen LogP contribution in [0.1, 0.15) is 57.2 Å². The molecule has 1 heteroatoms. The molecule has 17 heavy (non-hydrogen) atoms. The molecule has 1 aromatic rings. The van der Waals surface area contributed by atoms with Crippen LogP contribution in [0.4, 0.5) is 0 Å². The fourth-order valence-electron chi connectivity index (χ4n) is 2.16. The average molecular weight is 233 g/mol. The van der Waals surface area contributed by atoms with Crippen molar-refractivity contribution in [3.05, 3.63) is 35.4 Å². The molecule has 1 aromatic carbocycles. The van der Waals surface area contributed by atoms with Crippen LogP contribution in [-0.2, 0) is 0 Å². The highest BCUT2D eigenvalue weighted by Gasteiger charge is 2.09. The summed E-state index contributed by atoms with van der Waals surface area (Å²) < 4.78 is 0. The van der Waals surface area contributed by atoms with Crippen molar-refractivity contribution in [2.24, 2.45) is 5.92 Å². The molecule has 0 saturated carbocycles. The molecule has 1 nitrogen and oxygen atoms in total. The van der Waals surface area contributed by atoms with Crippen molar-refractivity contribution in [3.63, 3.8) is 0 Å². The van der Waals surface area contributed by atoms with Crippen LogP contribution in [0.2, 0.25) is 0 Å². The van der Waals surface area contributed by atoms with Crippen molar-refractivity contribution in [1.29, 1.82) is 0 Å². The lowest BCUT2D eigenvalue weighted by Gasteiger charge is -2.19. The topological polar surface area (TPSA) is 12.0 Å². The second-order valence-electron chi connectivity index (χ2n) is 5.35. The van der Waals surface area contributed by atoms with E-state index in [1.807, 2.05) is 0 Å². The number of rotatable bonds is 7. The monoisotopic (exact) mass is 233 g/mol. The lowest BCUT2D eigenvalue weighted by molar-refractivity contribution is 0.455. The van der Waals surface area contributed by atoms with Gasteiger partial charge in [-0.15, -0.1) is 0 Å². The van der Waals surface area contributed by atoms with Gasteiger partial charge < -0.3 is 5.32 Å². The Labute approximate surface area is 107 Å². The van der Waals surface area contributed by atoms with E-state index in [-0.39, 0.29) is 0 Å². The average Bonchev–Trinajstić information content (AvgIpc) is 2.29. The molecule has 1 atom stereocenters. The standard InChI is InChI=1S/C16H27N/c1-5-17-16(8-6-7-13(2)3)15-11-9-14(4)10-12-15/h9-13,16-17H,5-8H2,1-4H3. The maximum absolute atomic E-state index is 3.59. The van der Waals surface area contributed by atoms with Crippen LogP contribution in [-0.4, -0.2) is 6.54 Å². The van der Waals surface area contributed by atoms with Gasteiger partial charge in [-0.05, 0) is 31.4 Å². The van der Waals surface area contributed by atoms with Crippen LogP contribution in [0, 0.1) is 12.8 Å². The van der Waals surface area contributed by atoms with E-state index >= 15 is 0 Å². The van der Waals surface area contributed by atoms with E-state index in [4.69, 9.17) is 0 Å². The van der Waals surface area contributed by atoms with E-state index < -0.39 is 0 Å². The molecule has 96 valence electrons. The Balaban J connectivity index is 2.55. The van der Waals surface area contributed by atoms with Crippen LogP contribution in [0.15, 0.2) is 24.3 Å². The van der Waals surface area contributed by atoms with Gasteiger partial charge in [0.2, 0.25) is 0 Å². The third kappa shape index (κ3) is 5.36. The summed E-state index contributed by atoms with van der Waals surface area (Å²) >= 11 is 0. The molecule has 0 aliphatic heterocycles. The van der Waals surface area contributed by atoms with Crippen LogP contribution < -0.4 is 5.32 Å². The molecule has 0 heterocycles. The summed E-state index contributed by atoms with van der Waals surface area (Å²) in [5.74, 6) is 0.815. The fraction of sp³-hybridized carbons (Fsp3) is 0.625. The van der Waals surface area contributed by atoms with Crippen LogP contribution >= 0.6 is 0 Å². The number of benzene rings is 1. The van der Waals surface area contributed by atoms with Crippen LogP contribution in [0.25, 0.3) is 0 Å². The maximum atomic E-state index is 3.59. The quantitative estimate of drug-likeness (QED) is 0.732. The Bertz CT molecular complexity index is 300. The molecular weight excluding hydrogens is 206 g/mol. The molecule has 0 aliphatic carbocycles. The second kappa shape index (κ2) is 7.50. The van der Waals surface area contributed by atoms with E-state index in [1.165, 1.54) is 30.4 Å². The molecular formula is C16H27N. The fourth-order valence-corrected chi connectivity index (χ4v) is 2.16. The minimum absolute atomic E-state index is 0.527. The van der Waals surface area contributed by atoms with Crippen molar-refractivity contribution in [2.75, 3.05) is 6.54 Å². The molecule has 1 N–H and O–H groups in total. The lowest BCUT2D eigenvalue weighted by atomic mass is 9.97. The highest BCUT2D eigenvalue weighted by molar-refractivity contribution is 5.24. The molecule has 0 radical (unpaired) electrons. The van der Waals surface area contributed by atoms with Crippen LogP contribution in [0.5, 0.6) is 0 Å². The molecule has 0 fully saturated rings. The Kier molecular flexibility index (Phi) is 6.28. The number of hydrogen-bond donors (Lipinski definition) is 1. The first kappa shape index (κ1) is 14.2. The minimum atomic E-state index is 0.527. The predicted molar refractivity (Wildman–Crippen MR) is 76.3 cm³/mol. The first-order chi connectivity index (χ1) is 8.13. The number of aryl methyl sites for hydroxylation is 1. The minimum Gasteiger partial charge on any atom is -0.310 e. The summed E-state index contributed by atoms with van der Waals surface area (Å²) in [6, 6.07) is 9.47. The first-order valence-electron chi connectivity index (χ1n) is 6.93. The van der Waals surface area contributed by atoms with Gasteiger partial charge in [-0.2, -0.15) is 0 Å². The highest BCUT2D eigenvalue weighted by Crippen LogP contribution is 2.21. The highest BCUT2D eigenvalue weighted by atomic mass is 14.9. The maximum Gasteiger partial charge on any atom is 0.0320 e. The third-order valence-corrected chi connectivity index (χ3v) is 3.20. The Morgan fingerprint density at radius 2 is 1.71 bits per heavy atom. The van der Waals surface area contributed by atoms with E-state index in [0.29, 0.717) is 6.04 Å². The third-order valence-electron chi connectivity index (χ3n) is 3.20. The normalized spacial score (nSPS) is 13.0. The summed E-state index contributed by atoms with van der Waals surface area (Å²) in [5, 5.41) is 3.59. The van der Waals surface area contributed by atoms with Gasteiger partial charge >= 0.3 is 0 Å². The second-order valence-corrected chi connectivity index (χ2v) is 5.35. The van der Waals surface area contributed by atoms with Gasteiger partial charge in [-0.3, -0.25) is 0 Å². The van der Waals surface area contributed by atoms with Crippen LogP contribution in [0.3, 0.4) is 0 Å². The van der Waals surface area contributed by atoms with Gasteiger partial charge in [0.15, 0.2) is 0 Å². The molecule has 0 aromatic heterocycles. The first-order valence-corrected chi connectivity index (χ1v) is 6.93. The van der Waals surface area contributed by atoms with E-state index in [0.717, 1.165) is 12.5 Å². The predicted octanol–water partition coefficient (Wildman–Crippen LogP) is 4.47. The molecule has 0 aliphatic rings. The van der Waals surface area contributed by atoms with Gasteiger partial charge in [0.25, 0.3) is 0 Å². The summed E-state index contributed by atoms with van der Waals surface area (Å²) in [7, 11) is 0. The van der Waals surface area contributed by atoms with Gasteiger partial charge in [-0.25, -0.2) is 0 Å². The van der Waals surface area contributed by atoms with E-state index in [1.54, 1.807) is 0 Å². The smallest absolute Gasteiger partial charge is 0.0320 e. The SMILES string of the molecule is CCNC(CCCC(C)C)c1ccc(C)cc1. The largest absolute Gasteiger partial charge is 0.310 e. The zero-order valence-electron chi connectivity index (χ0n) is 11.8.